The summed E-state index contributed by atoms with van der Waals surface area (Å²) in [6, 6.07) is 10.4. The van der Waals surface area contributed by atoms with E-state index in [-0.39, 0.29) is 11.5 Å². The van der Waals surface area contributed by atoms with Gasteiger partial charge < -0.3 is 4.74 Å². The number of ether oxygens (including phenoxy) is 1. The molecule has 0 aromatic heterocycles. The fraction of sp³-hybridized carbons (Fsp3) is 0.607. The normalized spacial score (nSPS) is 41.9. The van der Waals surface area contributed by atoms with Crippen molar-refractivity contribution in [3.05, 3.63) is 47.5 Å². The summed E-state index contributed by atoms with van der Waals surface area (Å²) in [5, 5.41) is 0. The van der Waals surface area contributed by atoms with Crippen molar-refractivity contribution >= 4 is 6.47 Å². The lowest BCUT2D eigenvalue weighted by atomic mass is 9.44. The van der Waals surface area contributed by atoms with Crippen LogP contribution in [0.15, 0.2) is 42.0 Å². The second-order valence-corrected chi connectivity index (χ2v) is 10.7. The highest BCUT2D eigenvalue weighted by Crippen LogP contribution is 2.66. The van der Waals surface area contributed by atoms with Gasteiger partial charge in [0.1, 0.15) is 6.10 Å². The van der Waals surface area contributed by atoms with E-state index in [1.807, 2.05) is 6.07 Å². The highest BCUT2D eigenvalue weighted by atomic mass is 16.5. The molecule has 0 radical (unpaired) electrons. The van der Waals surface area contributed by atoms with Gasteiger partial charge in [-0.15, -0.1) is 0 Å². The fourth-order valence-corrected chi connectivity index (χ4v) is 7.84. The third-order valence-electron chi connectivity index (χ3n) is 9.56. The molecule has 3 fully saturated rings. The van der Waals surface area contributed by atoms with Crippen molar-refractivity contribution in [1.82, 2.24) is 0 Å². The van der Waals surface area contributed by atoms with Crippen molar-refractivity contribution in [2.24, 2.45) is 34.5 Å². The van der Waals surface area contributed by atoms with Gasteiger partial charge in [-0.1, -0.05) is 50.0 Å². The van der Waals surface area contributed by atoms with Crippen LogP contribution in [0.25, 0.3) is 0 Å². The first-order valence-corrected chi connectivity index (χ1v) is 11.9. The van der Waals surface area contributed by atoms with Gasteiger partial charge in [-0.25, -0.2) is 0 Å². The molecule has 4 aliphatic carbocycles. The Hall–Kier alpha value is -2.01. The Morgan fingerprint density at radius 3 is 2.63 bits per heavy atom. The average molecular weight is 403 g/mol. The quantitative estimate of drug-likeness (QED) is 0.437. The predicted octanol–water partition coefficient (Wildman–Crippen LogP) is 6.16. The maximum Gasteiger partial charge on any atom is 0.293 e. The van der Waals surface area contributed by atoms with Crippen LogP contribution in [-0.4, -0.2) is 12.6 Å². The summed E-state index contributed by atoms with van der Waals surface area (Å²) in [4.78, 5) is 10.8. The van der Waals surface area contributed by atoms with Crippen LogP contribution < -0.4 is 0 Å². The summed E-state index contributed by atoms with van der Waals surface area (Å²) < 4.78 is 5.37. The molecule has 0 amide bonds. The van der Waals surface area contributed by atoms with Gasteiger partial charge in [-0.05, 0) is 92.6 Å². The third-order valence-corrected chi connectivity index (χ3v) is 9.56. The lowest BCUT2D eigenvalue weighted by Gasteiger charge is -2.60. The van der Waals surface area contributed by atoms with Crippen LogP contribution >= 0.6 is 0 Å². The highest BCUT2D eigenvalue weighted by Gasteiger charge is 2.58. The van der Waals surface area contributed by atoms with E-state index in [9.17, 15) is 4.79 Å². The zero-order chi connectivity index (χ0) is 20.8. The molecule has 1 aromatic carbocycles. The standard InChI is InChI=1S/C28H34O2/c1-27-17-15-26-24(12-10-22-18-23(30-19-29)14-16-28(22,26)2)25(27)13-11-21(27)9-8-20-6-4-3-5-7-20/h3-7,11,19,22-26H,10,12-18H2,1-2H3/t22-,23-,24-,25-,26-,27+,28-/m0/s1. The highest BCUT2D eigenvalue weighted by molar-refractivity contribution is 5.45. The van der Waals surface area contributed by atoms with Crippen LogP contribution in [0.1, 0.15) is 70.8 Å². The van der Waals surface area contributed by atoms with Gasteiger partial charge in [0.15, 0.2) is 0 Å². The maximum absolute atomic E-state index is 10.8. The van der Waals surface area contributed by atoms with Crippen LogP contribution in [0, 0.1) is 46.3 Å². The number of benzene rings is 1. The Morgan fingerprint density at radius 1 is 1.00 bits per heavy atom. The lowest BCUT2D eigenvalue weighted by Crippen LogP contribution is -2.53. The maximum atomic E-state index is 10.8. The zero-order valence-corrected chi connectivity index (χ0v) is 18.4. The van der Waals surface area contributed by atoms with Crippen LogP contribution in [0.4, 0.5) is 0 Å². The summed E-state index contributed by atoms with van der Waals surface area (Å²) in [7, 11) is 0. The second kappa shape index (κ2) is 7.60. The minimum Gasteiger partial charge on any atom is -0.465 e. The molecular formula is C28H34O2. The minimum atomic E-state index is 0.152. The first kappa shape index (κ1) is 19.9. The molecule has 1 aromatic rings. The SMILES string of the molecule is C[C@]12CC[C@H](OC=O)C[C@@H]1CC[C@@H]1[C@@H]2CC[C@]2(C)C(C#Cc3ccccc3)=CC[C@@H]12. The van der Waals surface area contributed by atoms with Gasteiger partial charge >= 0.3 is 0 Å². The topological polar surface area (TPSA) is 26.3 Å². The van der Waals surface area contributed by atoms with E-state index >= 15 is 0 Å². The van der Waals surface area contributed by atoms with E-state index in [4.69, 9.17) is 4.74 Å². The Balaban J connectivity index is 1.35. The lowest BCUT2D eigenvalue weighted by molar-refractivity contribution is -0.147. The first-order valence-electron chi connectivity index (χ1n) is 11.9. The molecule has 0 spiro atoms. The smallest absolute Gasteiger partial charge is 0.293 e. The number of allylic oxidation sites excluding steroid dienone is 2. The Morgan fingerprint density at radius 2 is 1.83 bits per heavy atom. The van der Waals surface area contributed by atoms with E-state index < -0.39 is 0 Å². The molecule has 2 heteroatoms. The zero-order valence-electron chi connectivity index (χ0n) is 18.4. The molecule has 0 unspecified atom stereocenters. The summed E-state index contributed by atoms with van der Waals surface area (Å²) in [6.45, 7) is 5.72. The Kier molecular flexibility index (Phi) is 5.04. The van der Waals surface area contributed by atoms with Crippen LogP contribution in [-0.2, 0) is 9.53 Å². The van der Waals surface area contributed by atoms with E-state index in [1.54, 1.807) is 0 Å². The van der Waals surface area contributed by atoms with E-state index in [0.29, 0.717) is 17.8 Å². The van der Waals surface area contributed by atoms with E-state index in [0.717, 1.165) is 36.2 Å². The fourth-order valence-electron chi connectivity index (χ4n) is 7.84. The van der Waals surface area contributed by atoms with Crippen molar-refractivity contribution in [2.45, 2.75) is 71.3 Å². The van der Waals surface area contributed by atoms with Crippen LogP contribution in [0.2, 0.25) is 0 Å². The predicted molar refractivity (Wildman–Crippen MR) is 119 cm³/mol. The van der Waals surface area contributed by atoms with E-state index in [1.165, 1.54) is 44.1 Å². The monoisotopic (exact) mass is 402 g/mol. The minimum absolute atomic E-state index is 0.152. The van der Waals surface area contributed by atoms with Crippen molar-refractivity contribution in [2.75, 3.05) is 0 Å². The number of fused-ring (bicyclic) bond motifs is 5. The van der Waals surface area contributed by atoms with Gasteiger partial charge in [0.05, 0.1) is 0 Å². The number of carbonyl (C=O) groups excluding carboxylic acids is 1. The van der Waals surface area contributed by atoms with Gasteiger partial charge in [-0.3, -0.25) is 4.79 Å². The molecule has 30 heavy (non-hydrogen) atoms. The van der Waals surface area contributed by atoms with Crippen molar-refractivity contribution < 1.29 is 9.53 Å². The van der Waals surface area contributed by atoms with E-state index in [2.05, 4.69) is 56.0 Å². The molecule has 158 valence electrons. The number of rotatable bonds is 2. The molecular weight excluding hydrogens is 368 g/mol. The second-order valence-electron chi connectivity index (χ2n) is 10.7. The molecule has 2 nitrogen and oxygen atoms in total. The molecule has 7 atom stereocenters. The summed E-state index contributed by atoms with van der Waals surface area (Å²) >= 11 is 0. The van der Waals surface area contributed by atoms with Gasteiger partial charge in [-0.2, -0.15) is 0 Å². The molecule has 5 rings (SSSR count). The summed E-state index contributed by atoms with van der Waals surface area (Å²) in [6.07, 6.45) is 12.4. The van der Waals surface area contributed by atoms with Crippen molar-refractivity contribution in [3.63, 3.8) is 0 Å². The van der Waals surface area contributed by atoms with Crippen molar-refractivity contribution in [1.29, 1.82) is 0 Å². The third kappa shape index (κ3) is 3.13. The largest absolute Gasteiger partial charge is 0.465 e. The Labute approximate surface area is 181 Å². The average Bonchev–Trinajstić information content (AvgIpc) is 3.10. The summed E-state index contributed by atoms with van der Waals surface area (Å²) in [5.74, 6) is 10.1. The molecule has 3 saturated carbocycles. The van der Waals surface area contributed by atoms with Gasteiger partial charge in [0.25, 0.3) is 6.47 Å². The van der Waals surface area contributed by atoms with Gasteiger partial charge in [0, 0.05) is 16.6 Å². The number of hydrogen-bond donors (Lipinski definition) is 0. The molecule has 0 N–H and O–H groups in total. The van der Waals surface area contributed by atoms with Gasteiger partial charge in [0.2, 0.25) is 0 Å². The molecule has 0 aliphatic heterocycles. The molecule has 0 heterocycles. The van der Waals surface area contributed by atoms with Crippen LogP contribution in [0.3, 0.4) is 0 Å². The molecule has 4 aliphatic rings. The number of hydrogen-bond acceptors (Lipinski definition) is 2. The first-order chi connectivity index (χ1) is 14.5. The number of carbonyl (C=O) groups is 1. The summed E-state index contributed by atoms with van der Waals surface area (Å²) in [5.41, 5.74) is 3.18. The molecule has 0 bridgehead atoms. The Bertz CT molecular complexity index is 890. The molecule has 0 saturated heterocycles. The van der Waals surface area contributed by atoms with Crippen LogP contribution in [0.5, 0.6) is 0 Å². The van der Waals surface area contributed by atoms with Crippen molar-refractivity contribution in [3.8, 4) is 11.8 Å².